The first-order valence-corrected chi connectivity index (χ1v) is 13.3. The molecule has 0 atom stereocenters. The van der Waals surface area contributed by atoms with Crippen molar-refractivity contribution >= 4 is 34.7 Å². The summed E-state index contributed by atoms with van der Waals surface area (Å²) >= 11 is 0. The summed E-state index contributed by atoms with van der Waals surface area (Å²) in [6.07, 6.45) is 0. The van der Waals surface area contributed by atoms with Gasteiger partial charge in [0.05, 0.1) is 30.1 Å². The molecule has 206 valence electrons. The molecule has 40 heavy (non-hydrogen) atoms. The molecular formula is C31H34FN7O. The maximum atomic E-state index is 15.6. The van der Waals surface area contributed by atoms with E-state index in [1.165, 1.54) is 6.07 Å². The zero-order valence-electron chi connectivity index (χ0n) is 23.2. The van der Waals surface area contributed by atoms with Crippen LogP contribution in [0.4, 0.5) is 15.8 Å². The summed E-state index contributed by atoms with van der Waals surface area (Å²) in [4.78, 5) is 23.7. The number of amides is 1. The van der Waals surface area contributed by atoms with Crippen LogP contribution in [0.25, 0.3) is 5.70 Å². The van der Waals surface area contributed by atoms with E-state index in [2.05, 4.69) is 44.4 Å². The molecule has 0 spiro atoms. The van der Waals surface area contributed by atoms with Gasteiger partial charge in [-0.15, -0.1) is 0 Å². The normalized spacial score (nSPS) is 14.2. The Labute approximate surface area is 234 Å². The standard InChI is InChI=1S/C31H34FN7O/c1-19-8-13-23-24(16-19)29(27-25(32)6-5-7-26(27)39(4)15-14-33-2)35-17-21-18-36-31(38-28(21)23)37-22-11-9-20(10-12-22)30(40)34-3/h5-13,16,33H,14-15,17-18H2,1-4H3,(H,34,40)(H2,36,37,38). The summed E-state index contributed by atoms with van der Waals surface area (Å²) < 4.78 is 15.6. The molecule has 0 aliphatic carbocycles. The Morgan fingerprint density at radius 2 is 1.80 bits per heavy atom. The highest BCUT2D eigenvalue weighted by atomic mass is 19.1. The Morgan fingerprint density at radius 1 is 1.02 bits per heavy atom. The van der Waals surface area contributed by atoms with Crippen molar-refractivity contribution in [1.82, 2.24) is 16.0 Å². The molecule has 5 rings (SSSR count). The van der Waals surface area contributed by atoms with Crippen molar-refractivity contribution in [1.29, 1.82) is 0 Å². The number of hydrogen-bond donors (Lipinski definition) is 4. The highest BCUT2D eigenvalue weighted by Crippen LogP contribution is 2.33. The third-order valence-electron chi connectivity index (χ3n) is 7.13. The Morgan fingerprint density at radius 3 is 2.55 bits per heavy atom. The van der Waals surface area contributed by atoms with E-state index in [0.29, 0.717) is 35.9 Å². The summed E-state index contributed by atoms with van der Waals surface area (Å²) in [5.41, 5.74) is 8.18. The summed E-state index contributed by atoms with van der Waals surface area (Å²) in [5.74, 6) is 0.160. The molecule has 2 aliphatic rings. The van der Waals surface area contributed by atoms with Gasteiger partial charge in [-0.25, -0.2) is 9.38 Å². The molecule has 0 bridgehead atoms. The lowest BCUT2D eigenvalue weighted by Crippen LogP contribution is -2.34. The van der Waals surface area contributed by atoms with E-state index in [-0.39, 0.29) is 11.7 Å². The maximum Gasteiger partial charge on any atom is 0.251 e. The van der Waals surface area contributed by atoms with Gasteiger partial charge in [-0.1, -0.05) is 23.8 Å². The monoisotopic (exact) mass is 539 g/mol. The molecule has 0 fully saturated rings. The first kappa shape index (κ1) is 27.1. The predicted octanol–water partition coefficient (Wildman–Crippen LogP) is 3.78. The molecule has 3 aromatic rings. The number of nitrogens with one attached hydrogen (secondary N) is 4. The van der Waals surface area contributed by atoms with E-state index in [1.54, 1.807) is 25.2 Å². The number of hydrogen-bond acceptors (Lipinski definition) is 7. The van der Waals surface area contributed by atoms with E-state index < -0.39 is 0 Å². The van der Waals surface area contributed by atoms with Crippen LogP contribution in [-0.4, -0.2) is 64.9 Å². The topological polar surface area (TPSA) is 93.1 Å². The lowest BCUT2D eigenvalue weighted by Gasteiger charge is -2.25. The molecule has 9 heteroatoms. The van der Waals surface area contributed by atoms with Gasteiger partial charge in [-0.3, -0.25) is 9.79 Å². The van der Waals surface area contributed by atoms with Crippen LogP contribution in [0.3, 0.4) is 0 Å². The smallest absolute Gasteiger partial charge is 0.251 e. The van der Waals surface area contributed by atoms with Crippen molar-refractivity contribution in [2.45, 2.75) is 6.92 Å². The summed E-state index contributed by atoms with van der Waals surface area (Å²) in [5, 5.41) is 12.6. The van der Waals surface area contributed by atoms with Gasteiger partial charge in [0, 0.05) is 55.2 Å². The van der Waals surface area contributed by atoms with Crippen LogP contribution >= 0.6 is 0 Å². The van der Waals surface area contributed by atoms with Crippen LogP contribution in [0.2, 0.25) is 0 Å². The quantitative estimate of drug-likeness (QED) is 0.367. The fourth-order valence-electron chi connectivity index (χ4n) is 4.95. The van der Waals surface area contributed by atoms with Crippen LogP contribution in [0, 0.1) is 12.7 Å². The van der Waals surface area contributed by atoms with Gasteiger partial charge < -0.3 is 26.2 Å². The van der Waals surface area contributed by atoms with Crippen molar-refractivity contribution in [3.05, 3.63) is 99.9 Å². The van der Waals surface area contributed by atoms with Crippen molar-refractivity contribution in [2.75, 3.05) is 57.5 Å². The molecule has 0 aromatic heterocycles. The van der Waals surface area contributed by atoms with Crippen molar-refractivity contribution in [3.8, 4) is 0 Å². The Hall–Kier alpha value is -4.50. The molecule has 8 nitrogen and oxygen atoms in total. The number of rotatable bonds is 7. The first-order chi connectivity index (χ1) is 19.4. The number of aryl methyl sites for hydroxylation is 1. The molecule has 0 unspecified atom stereocenters. The van der Waals surface area contributed by atoms with Crippen LogP contribution in [0.1, 0.15) is 32.6 Å². The lowest BCUT2D eigenvalue weighted by atomic mass is 9.92. The third kappa shape index (κ3) is 5.46. The zero-order valence-corrected chi connectivity index (χ0v) is 23.2. The second-order valence-corrected chi connectivity index (χ2v) is 9.92. The Kier molecular flexibility index (Phi) is 7.93. The molecule has 1 amide bonds. The summed E-state index contributed by atoms with van der Waals surface area (Å²) in [6, 6.07) is 18.6. The molecular weight excluding hydrogens is 505 g/mol. The second kappa shape index (κ2) is 11.7. The number of benzene rings is 3. The number of halogens is 1. The Bertz CT molecular complexity index is 1530. The molecule has 2 heterocycles. The van der Waals surface area contributed by atoms with Crippen LogP contribution < -0.4 is 26.2 Å². The molecule has 0 radical (unpaired) electrons. The highest BCUT2D eigenvalue weighted by Gasteiger charge is 2.27. The van der Waals surface area contributed by atoms with Crippen molar-refractivity contribution in [2.24, 2.45) is 9.98 Å². The fraction of sp³-hybridized carbons (Fsp3) is 0.258. The number of likely N-dealkylation sites (N-methyl/N-ethyl adjacent to an activating group) is 2. The number of carbonyl (C=O) groups is 1. The Balaban J connectivity index is 1.48. The van der Waals surface area contributed by atoms with Crippen molar-refractivity contribution in [3.63, 3.8) is 0 Å². The number of aliphatic imine (C=N–C) groups is 2. The van der Waals surface area contributed by atoms with E-state index >= 15 is 4.39 Å². The molecule has 0 saturated heterocycles. The van der Waals surface area contributed by atoms with E-state index in [1.807, 2.05) is 39.2 Å². The maximum absolute atomic E-state index is 15.6. The average molecular weight is 540 g/mol. The van der Waals surface area contributed by atoms with Crippen molar-refractivity contribution < 1.29 is 9.18 Å². The third-order valence-corrected chi connectivity index (χ3v) is 7.13. The molecule has 3 aromatic carbocycles. The van der Waals surface area contributed by atoms with Gasteiger partial charge >= 0.3 is 0 Å². The van der Waals surface area contributed by atoms with Crippen LogP contribution in [-0.2, 0) is 0 Å². The van der Waals surface area contributed by atoms with Gasteiger partial charge in [0.15, 0.2) is 0 Å². The number of carbonyl (C=O) groups excluding carboxylic acids is 1. The summed E-state index contributed by atoms with van der Waals surface area (Å²) in [7, 11) is 5.49. The summed E-state index contributed by atoms with van der Waals surface area (Å²) in [6.45, 7) is 4.39. The van der Waals surface area contributed by atoms with E-state index in [9.17, 15) is 4.79 Å². The fourth-order valence-corrected chi connectivity index (χ4v) is 4.95. The van der Waals surface area contributed by atoms with Gasteiger partial charge in [0.1, 0.15) is 5.82 Å². The van der Waals surface area contributed by atoms with Crippen LogP contribution in [0.15, 0.2) is 76.2 Å². The highest BCUT2D eigenvalue weighted by molar-refractivity contribution is 6.19. The van der Waals surface area contributed by atoms with E-state index in [4.69, 9.17) is 9.98 Å². The first-order valence-electron chi connectivity index (χ1n) is 13.3. The lowest BCUT2D eigenvalue weighted by molar-refractivity contribution is 0.0963. The number of anilines is 2. The SMILES string of the molecule is CNCCN(C)c1cccc(F)c1C1=NCC2=C(NC(Nc3ccc(C(=O)NC)cc3)=NC2)c2ccc(C)cc21. The molecule has 0 saturated carbocycles. The van der Waals surface area contributed by atoms with Gasteiger partial charge in [-0.2, -0.15) is 0 Å². The minimum absolute atomic E-state index is 0.137. The predicted molar refractivity (Wildman–Crippen MR) is 161 cm³/mol. The average Bonchev–Trinajstić information content (AvgIpc) is 3.12. The van der Waals surface area contributed by atoms with Crippen LogP contribution in [0.5, 0.6) is 0 Å². The number of guanidine groups is 1. The molecule has 4 N–H and O–H groups in total. The second-order valence-electron chi connectivity index (χ2n) is 9.92. The minimum atomic E-state index is -0.299. The van der Waals surface area contributed by atoms with Gasteiger partial charge in [-0.05, 0) is 62.0 Å². The largest absolute Gasteiger partial charge is 0.373 e. The van der Waals surface area contributed by atoms with Gasteiger partial charge in [0.25, 0.3) is 5.91 Å². The minimum Gasteiger partial charge on any atom is -0.373 e. The number of nitrogens with zero attached hydrogens (tertiary/aromatic N) is 3. The van der Waals surface area contributed by atoms with E-state index in [0.717, 1.165) is 52.4 Å². The van der Waals surface area contributed by atoms with Gasteiger partial charge in [0.2, 0.25) is 5.96 Å². The zero-order chi connectivity index (χ0) is 28.2. The number of fused-ring (bicyclic) bond motifs is 2. The molecule has 2 aliphatic heterocycles.